The zero-order valence-corrected chi connectivity index (χ0v) is 16.5. The van der Waals surface area contributed by atoms with E-state index in [9.17, 15) is 4.79 Å². The van der Waals surface area contributed by atoms with Crippen molar-refractivity contribution in [2.45, 2.75) is 53.1 Å². The van der Waals surface area contributed by atoms with E-state index in [-0.39, 0.29) is 11.8 Å². The Bertz CT molecular complexity index is 823. The van der Waals surface area contributed by atoms with Crippen LogP contribution in [0, 0.1) is 18.8 Å². The van der Waals surface area contributed by atoms with E-state index in [0.717, 1.165) is 58.6 Å². The van der Waals surface area contributed by atoms with E-state index >= 15 is 0 Å². The average molecular weight is 367 g/mol. The first-order chi connectivity index (χ1) is 12.9. The van der Waals surface area contributed by atoms with Crippen molar-refractivity contribution < 1.29 is 4.79 Å². The van der Waals surface area contributed by atoms with Crippen LogP contribution < -0.4 is 16.8 Å². The molecule has 1 aromatic carbocycles. The Balaban J connectivity index is 2.16. The fourth-order valence-electron chi connectivity index (χ4n) is 3.43. The van der Waals surface area contributed by atoms with Crippen LogP contribution in [0.5, 0.6) is 0 Å². The van der Waals surface area contributed by atoms with Gasteiger partial charge in [0.2, 0.25) is 5.91 Å². The van der Waals surface area contributed by atoms with Crippen molar-refractivity contribution in [3.05, 3.63) is 46.8 Å². The van der Waals surface area contributed by atoms with Crippen LogP contribution in [0.2, 0.25) is 0 Å². The van der Waals surface area contributed by atoms with Gasteiger partial charge in [-0.2, -0.15) is 0 Å². The third-order valence-corrected chi connectivity index (χ3v) is 5.04. The molecule has 0 bridgehead atoms. The van der Waals surface area contributed by atoms with Crippen LogP contribution in [0.4, 0.5) is 5.69 Å². The van der Waals surface area contributed by atoms with Gasteiger partial charge in [-0.1, -0.05) is 38.1 Å². The molecule has 144 valence electrons. The van der Waals surface area contributed by atoms with Crippen molar-refractivity contribution >= 4 is 11.6 Å². The highest BCUT2D eigenvalue weighted by Gasteiger charge is 2.31. The van der Waals surface area contributed by atoms with Crippen LogP contribution in [-0.4, -0.2) is 10.9 Å². The summed E-state index contributed by atoms with van der Waals surface area (Å²) in [6.45, 7) is 7.20. The van der Waals surface area contributed by atoms with Gasteiger partial charge in [0.25, 0.3) is 0 Å². The molecule has 5 nitrogen and oxygen atoms in total. The lowest BCUT2D eigenvalue weighted by atomic mass is 9.92. The summed E-state index contributed by atoms with van der Waals surface area (Å²) in [5.74, 6) is 0.689. The Morgan fingerprint density at radius 3 is 2.37 bits per heavy atom. The number of hydrogen-bond acceptors (Lipinski definition) is 4. The van der Waals surface area contributed by atoms with Gasteiger partial charge in [0.05, 0.1) is 11.4 Å². The lowest BCUT2D eigenvalue weighted by Gasteiger charge is -2.21. The molecule has 3 rings (SSSR count). The zero-order chi connectivity index (χ0) is 19.6. The van der Waals surface area contributed by atoms with E-state index in [1.807, 2.05) is 19.1 Å². The number of carbonyl (C=O) groups is 1. The van der Waals surface area contributed by atoms with Crippen LogP contribution in [-0.2, 0) is 24.3 Å². The predicted octanol–water partition coefficient (Wildman–Crippen LogP) is 3.52. The molecule has 1 heterocycles. The van der Waals surface area contributed by atoms with Gasteiger partial charge >= 0.3 is 0 Å². The van der Waals surface area contributed by atoms with Crippen molar-refractivity contribution in [2.24, 2.45) is 23.3 Å². The Morgan fingerprint density at radius 1 is 1.19 bits per heavy atom. The number of rotatable bonds is 7. The second-order valence-electron chi connectivity index (χ2n) is 7.84. The summed E-state index contributed by atoms with van der Waals surface area (Å²) >= 11 is 0. The number of amides is 1. The average Bonchev–Trinajstić information content (AvgIpc) is 3.48. The predicted molar refractivity (Wildman–Crippen MR) is 110 cm³/mol. The molecule has 0 unspecified atom stereocenters. The van der Waals surface area contributed by atoms with Crippen LogP contribution in [0.3, 0.4) is 0 Å². The molecule has 1 fully saturated rings. The van der Waals surface area contributed by atoms with Gasteiger partial charge in [-0.3, -0.25) is 9.78 Å². The SMILES string of the molecule is Cc1nc(CC(C)C)c(CN)c(-c2ccc(CN)cc2)c1NC(=O)C1CC1. The number of aromatic nitrogens is 1. The summed E-state index contributed by atoms with van der Waals surface area (Å²) in [6, 6.07) is 8.17. The number of hydrogen-bond donors (Lipinski definition) is 3. The van der Waals surface area contributed by atoms with Crippen LogP contribution >= 0.6 is 0 Å². The van der Waals surface area contributed by atoms with Crippen LogP contribution in [0.15, 0.2) is 24.3 Å². The number of pyridine rings is 1. The van der Waals surface area contributed by atoms with Gasteiger partial charge in [-0.05, 0) is 48.8 Å². The van der Waals surface area contributed by atoms with Gasteiger partial charge in [0.15, 0.2) is 0 Å². The summed E-state index contributed by atoms with van der Waals surface area (Å²) < 4.78 is 0. The maximum Gasteiger partial charge on any atom is 0.227 e. The lowest BCUT2D eigenvalue weighted by Crippen LogP contribution is -2.18. The number of nitrogens with two attached hydrogens (primary N) is 2. The first-order valence-electron chi connectivity index (χ1n) is 9.77. The minimum Gasteiger partial charge on any atom is -0.326 e. The smallest absolute Gasteiger partial charge is 0.227 e. The Kier molecular flexibility index (Phi) is 5.92. The number of carbonyl (C=O) groups excluding carboxylic acids is 1. The van der Waals surface area contributed by atoms with Gasteiger partial charge < -0.3 is 16.8 Å². The molecule has 1 amide bonds. The molecule has 27 heavy (non-hydrogen) atoms. The fourth-order valence-corrected chi connectivity index (χ4v) is 3.43. The molecule has 0 aliphatic heterocycles. The highest BCUT2D eigenvalue weighted by atomic mass is 16.2. The summed E-state index contributed by atoms with van der Waals surface area (Å²) in [5, 5.41) is 3.14. The molecule has 5 N–H and O–H groups in total. The molecule has 0 spiro atoms. The molecule has 2 aromatic rings. The highest BCUT2D eigenvalue weighted by Crippen LogP contribution is 2.38. The van der Waals surface area contributed by atoms with E-state index in [1.54, 1.807) is 0 Å². The zero-order valence-electron chi connectivity index (χ0n) is 16.5. The topological polar surface area (TPSA) is 94.0 Å². The largest absolute Gasteiger partial charge is 0.326 e. The van der Waals surface area contributed by atoms with E-state index < -0.39 is 0 Å². The van der Waals surface area contributed by atoms with Gasteiger partial charge in [0, 0.05) is 30.3 Å². The van der Waals surface area contributed by atoms with Gasteiger partial charge in [-0.15, -0.1) is 0 Å². The Labute approximate surface area is 161 Å². The van der Waals surface area contributed by atoms with Gasteiger partial charge in [-0.25, -0.2) is 0 Å². The van der Waals surface area contributed by atoms with Crippen molar-refractivity contribution in [1.29, 1.82) is 0 Å². The van der Waals surface area contributed by atoms with E-state index in [2.05, 4.69) is 31.3 Å². The van der Waals surface area contributed by atoms with E-state index in [0.29, 0.717) is 19.0 Å². The van der Waals surface area contributed by atoms with Crippen LogP contribution in [0.1, 0.15) is 49.2 Å². The standard InChI is InChI=1S/C22H30N4O/c1-13(2)10-19-18(12-24)20(16-6-4-15(11-23)5-7-16)21(14(3)25-19)26-22(27)17-8-9-17/h4-7,13,17H,8-12,23-24H2,1-3H3,(H,26,27). The van der Waals surface area contributed by atoms with Crippen molar-refractivity contribution in [1.82, 2.24) is 4.98 Å². The second-order valence-corrected chi connectivity index (χ2v) is 7.84. The quantitative estimate of drug-likeness (QED) is 0.699. The van der Waals surface area contributed by atoms with E-state index in [1.165, 1.54) is 0 Å². The number of anilines is 1. The molecular formula is C22H30N4O. The van der Waals surface area contributed by atoms with Crippen molar-refractivity contribution in [3.63, 3.8) is 0 Å². The second kappa shape index (κ2) is 8.19. The third kappa shape index (κ3) is 4.37. The van der Waals surface area contributed by atoms with E-state index in [4.69, 9.17) is 16.5 Å². The normalized spacial score (nSPS) is 13.9. The summed E-state index contributed by atoms with van der Waals surface area (Å²) in [7, 11) is 0. The van der Waals surface area contributed by atoms with Crippen LogP contribution in [0.25, 0.3) is 11.1 Å². The number of nitrogens with zero attached hydrogens (tertiary/aromatic N) is 1. The highest BCUT2D eigenvalue weighted by molar-refractivity contribution is 5.99. The number of aryl methyl sites for hydroxylation is 1. The number of nitrogens with one attached hydrogen (secondary N) is 1. The minimum atomic E-state index is 0.0827. The molecular weight excluding hydrogens is 336 g/mol. The molecule has 0 saturated heterocycles. The van der Waals surface area contributed by atoms with Gasteiger partial charge in [0.1, 0.15) is 0 Å². The minimum absolute atomic E-state index is 0.0827. The maximum atomic E-state index is 12.5. The fraction of sp³-hybridized carbons (Fsp3) is 0.455. The molecule has 0 atom stereocenters. The lowest BCUT2D eigenvalue weighted by molar-refractivity contribution is -0.117. The molecule has 5 heteroatoms. The third-order valence-electron chi connectivity index (χ3n) is 5.04. The Hall–Kier alpha value is -2.24. The molecule has 1 aromatic heterocycles. The monoisotopic (exact) mass is 366 g/mol. The first kappa shape index (κ1) is 19.5. The number of benzene rings is 1. The molecule has 0 radical (unpaired) electrons. The molecule has 1 aliphatic rings. The molecule has 1 saturated carbocycles. The maximum absolute atomic E-state index is 12.5. The van der Waals surface area contributed by atoms with Crippen molar-refractivity contribution in [2.75, 3.05) is 5.32 Å². The van der Waals surface area contributed by atoms with Crippen molar-refractivity contribution in [3.8, 4) is 11.1 Å². The summed E-state index contributed by atoms with van der Waals surface area (Å²) in [4.78, 5) is 17.3. The first-order valence-corrected chi connectivity index (χ1v) is 9.77. The summed E-state index contributed by atoms with van der Waals surface area (Å²) in [6.07, 6.45) is 2.79. The molecule has 1 aliphatic carbocycles. The summed E-state index contributed by atoms with van der Waals surface area (Å²) in [5.41, 5.74) is 18.7. The Morgan fingerprint density at radius 2 is 1.85 bits per heavy atom.